The highest BCUT2D eigenvalue weighted by Gasteiger charge is 2.12. The van der Waals surface area contributed by atoms with Crippen molar-refractivity contribution in [2.75, 3.05) is 12.0 Å². The molecule has 3 rings (SSSR count). The maximum absolute atomic E-state index is 13.5. The topological polar surface area (TPSA) is 52.2 Å². The van der Waals surface area contributed by atoms with Crippen molar-refractivity contribution >= 4 is 39.2 Å². The molecule has 1 amide bonds. The van der Waals surface area contributed by atoms with Crippen molar-refractivity contribution in [1.82, 2.24) is 14.3 Å². The molecular formula is C15H15FN4OS2. The van der Waals surface area contributed by atoms with E-state index in [0.29, 0.717) is 17.0 Å². The van der Waals surface area contributed by atoms with Crippen molar-refractivity contribution in [3.8, 4) is 0 Å². The first-order valence-electron chi connectivity index (χ1n) is 6.95. The van der Waals surface area contributed by atoms with Gasteiger partial charge in [-0.15, -0.1) is 0 Å². The Kier molecular flexibility index (Phi) is 4.63. The Bertz CT molecular complexity index is 925. The number of aryl methyl sites for hydroxylation is 2. The Morgan fingerprint density at radius 1 is 1.43 bits per heavy atom. The Morgan fingerprint density at radius 3 is 2.96 bits per heavy atom. The lowest BCUT2D eigenvalue weighted by molar-refractivity contribution is 0.0989. The molecule has 0 saturated carbocycles. The Balaban J connectivity index is 2.13. The van der Waals surface area contributed by atoms with Crippen LogP contribution in [0, 0.1) is 5.82 Å². The molecule has 0 spiro atoms. The molecule has 2 aromatic heterocycles. The van der Waals surface area contributed by atoms with Gasteiger partial charge in [0.15, 0.2) is 4.80 Å². The highest BCUT2D eigenvalue weighted by atomic mass is 32.2. The van der Waals surface area contributed by atoms with Crippen molar-refractivity contribution in [1.29, 1.82) is 0 Å². The fourth-order valence-corrected chi connectivity index (χ4v) is 3.70. The third-order valence-electron chi connectivity index (χ3n) is 3.40. The number of benzene rings is 1. The number of thioether (sulfide) groups is 1. The van der Waals surface area contributed by atoms with Gasteiger partial charge >= 0.3 is 0 Å². The fourth-order valence-electron chi connectivity index (χ4n) is 2.26. The van der Waals surface area contributed by atoms with Crippen LogP contribution in [0.1, 0.15) is 10.5 Å². The normalized spacial score (nSPS) is 12.2. The second-order valence-electron chi connectivity index (χ2n) is 4.90. The molecule has 0 fully saturated rings. The zero-order chi connectivity index (χ0) is 16.4. The van der Waals surface area contributed by atoms with Gasteiger partial charge in [-0.3, -0.25) is 9.48 Å². The second kappa shape index (κ2) is 6.67. The molecule has 3 aromatic rings. The smallest absolute Gasteiger partial charge is 0.297 e. The molecule has 8 heteroatoms. The predicted octanol–water partition coefficient (Wildman–Crippen LogP) is 2.68. The summed E-state index contributed by atoms with van der Waals surface area (Å²) in [5.41, 5.74) is 1.31. The van der Waals surface area contributed by atoms with E-state index >= 15 is 0 Å². The average molecular weight is 350 g/mol. The van der Waals surface area contributed by atoms with Crippen LogP contribution in [0.4, 0.5) is 4.39 Å². The molecule has 0 unspecified atom stereocenters. The molecule has 1 aromatic carbocycles. The van der Waals surface area contributed by atoms with Crippen molar-refractivity contribution in [2.45, 2.75) is 6.54 Å². The van der Waals surface area contributed by atoms with Crippen LogP contribution in [-0.4, -0.2) is 32.3 Å². The number of carbonyl (C=O) groups is 1. The minimum atomic E-state index is -0.352. The third kappa shape index (κ3) is 3.23. The standard InChI is InChI=1S/C15H15FN4OS2/c1-19-12(5-6-17-19)14(21)18-15-20(7-8-22-2)11-4-3-10(16)9-13(11)23-15/h3-6,9H,7-8H2,1-2H3. The molecular weight excluding hydrogens is 335 g/mol. The molecule has 0 saturated heterocycles. The van der Waals surface area contributed by atoms with Crippen molar-refractivity contribution in [3.63, 3.8) is 0 Å². The first-order valence-corrected chi connectivity index (χ1v) is 9.16. The maximum Gasteiger partial charge on any atom is 0.297 e. The quantitative estimate of drug-likeness (QED) is 0.727. The van der Waals surface area contributed by atoms with E-state index in [1.165, 1.54) is 28.2 Å². The molecule has 0 radical (unpaired) electrons. The number of hydrogen-bond donors (Lipinski definition) is 0. The van der Waals surface area contributed by atoms with Crippen molar-refractivity contribution in [2.24, 2.45) is 12.0 Å². The molecule has 0 aliphatic carbocycles. The molecule has 0 atom stereocenters. The monoisotopic (exact) mass is 350 g/mol. The third-order valence-corrected chi connectivity index (χ3v) is 5.03. The zero-order valence-electron chi connectivity index (χ0n) is 12.7. The molecule has 0 N–H and O–H groups in total. The van der Waals surface area contributed by atoms with Gasteiger partial charge in [-0.1, -0.05) is 11.3 Å². The first kappa shape index (κ1) is 15.9. The first-order chi connectivity index (χ1) is 11.1. The molecule has 0 aliphatic rings. The van der Waals surface area contributed by atoms with Gasteiger partial charge in [0.2, 0.25) is 0 Å². The van der Waals surface area contributed by atoms with E-state index in [2.05, 4.69) is 10.1 Å². The lowest BCUT2D eigenvalue weighted by Gasteiger charge is -2.03. The molecule has 120 valence electrons. The van der Waals surface area contributed by atoms with Crippen LogP contribution >= 0.6 is 23.1 Å². The zero-order valence-corrected chi connectivity index (χ0v) is 14.3. The van der Waals surface area contributed by atoms with Crippen molar-refractivity contribution < 1.29 is 9.18 Å². The number of fused-ring (bicyclic) bond motifs is 1. The van der Waals surface area contributed by atoms with Gasteiger partial charge in [0.1, 0.15) is 11.5 Å². The van der Waals surface area contributed by atoms with Crippen LogP contribution in [0.2, 0.25) is 0 Å². The highest BCUT2D eigenvalue weighted by molar-refractivity contribution is 7.98. The molecule has 0 aliphatic heterocycles. The van der Waals surface area contributed by atoms with Crippen LogP contribution in [0.3, 0.4) is 0 Å². The van der Waals surface area contributed by atoms with Gasteiger partial charge in [-0.25, -0.2) is 4.39 Å². The summed E-state index contributed by atoms with van der Waals surface area (Å²) in [6.07, 6.45) is 3.58. The van der Waals surface area contributed by atoms with Crippen LogP contribution in [0.5, 0.6) is 0 Å². The Morgan fingerprint density at radius 2 is 2.26 bits per heavy atom. The number of rotatable bonds is 4. The minimum Gasteiger partial charge on any atom is -0.316 e. The lowest BCUT2D eigenvalue weighted by atomic mass is 10.3. The Hall–Kier alpha value is -1.93. The van der Waals surface area contributed by atoms with Gasteiger partial charge < -0.3 is 4.57 Å². The molecule has 5 nitrogen and oxygen atoms in total. The fraction of sp³-hybridized carbons (Fsp3) is 0.267. The van der Waals surface area contributed by atoms with E-state index in [1.54, 1.807) is 37.1 Å². The van der Waals surface area contributed by atoms with Crippen LogP contribution in [-0.2, 0) is 13.6 Å². The minimum absolute atomic E-state index is 0.291. The van der Waals surface area contributed by atoms with E-state index in [9.17, 15) is 9.18 Å². The average Bonchev–Trinajstić information content (AvgIpc) is 3.08. The summed E-state index contributed by atoms with van der Waals surface area (Å²) < 4.78 is 17.7. The van der Waals surface area contributed by atoms with Gasteiger partial charge in [0.25, 0.3) is 5.91 Å². The highest BCUT2D eigenvalue weighted by Crippen LogP contribution is 2.19. The van der Waals surface area contributed by atoms with E-state index < -0.39 is 0 Å². The summed E-state index contributed by atoms with van der Waals surface area (Å²) in [7, 11) is 1.70. The van der Waals surface area contributed by atoms with E-state index in [1.807, 2.05) is 10.8 Å². The van der Waals surface area contributed by atoms with Gasteiger partial charge in [0, 0.05) is 25.5 Å². The molecule has 23 heavy (non-hydrogen) atoms. The van der Waals surface area contributed by atoms with E-state index in [4.69, 9.17) is 0 Å². The number of carbonyl (C=O) groups excluding carboxylic acids is 1. The summed E-state index contributed by atoms with van der Waals surface area (Å²) in [4.78, 5) is 17.2. The number of hydrogen-bond acceptors (Lipinski definition) is 4. The summed E-state index contributed by atoms with van der Waals surface area (Å²) in [6.45, 7) is 0.713. The number of thiazole rings is 1. The second-order valence-corrected chi connectivity index (χ2v) is 6.89. The number of halogens is 1. The summed E-state index contributed by atoms with van der Waals surface area (Å²) >= 11 is 3.02. The van der Waals surface area contributed by atoms with Crippen LogP contribution in [0.25, 0.3) is 10.2 Å². The van der Waals surface area contributed by atoms with Crippen molar-refractivity contribution in [3.05, 3.63) is 46.8 Å². The SMILES string of the molecule is CSCCn1c(=NC(=O)c2ccnn2C)sc2cc(F)ccc21. The largest absolute Gasteiger partial charge is 0.316 e. The molecule has 2 heterocycles. The maximum atomic E-state index is 13.5. The van der Waals surface area contributed by atoms with Gasteiger partial charge in [0.05, 0.1) is 10.2 Å². The van der Waals surface area contributed by atoms with Gasteiger partial charge in [-0.2, -0.15) is 21.9 Å². The summed E-state index contributed by atoms with van der Waals surface area (Å²) in [6, 6.07) is 6.26. The van der Waals surface area contributed by atoms with Gasteiger partial charge in [-0.05, 0) is 30.5 Å². The lowest BCUT2D eigenvalue weighted by Crippen LogP contribution is -2.19. The number of nitrogens with zero attached hydrogens (tertiary/aromatic N) is 4. The summed E-state index contributed by atoms with van der Waals surface area (Å²) in [5, 5.41) is 3.99. The summed E-state index contributed by atoms with van der Waals surface area (Å²) in [5.74, 6) is 0.242. The van der Waals surface area contributed by atoms with E-state index in [-0.39, 0.29) is 11.7 Å². The number of aromatic nitrogens is 3. The Labute approximate surface area is 140 Å². The molecule has 0 bridgehead atoms. The van der Waals surface area contributed by atoms with Crippen LogP contribution in [0.15, 0.2) is 35.5 Å². The predicted molar refractivity (Wildman–Crippen MR) is 91.3 cm³/mol. The van der Waals surface area contributed by atoms with E-state index in [0.717, 1.165) is 16.0 Å². The number of amides is 1. The van der Waals surface area contributed by atoms with Crippen LogP contribution < -0.4 is 4.80 Å².